The second kappa shape index (κ2) is 6.97. The number of benzene rings is 1. The normalized spacial score (nSPS) is 19.9. The van der Waals surface area contributed by atoms with E-state index in [2.05, 4.69) is 25.5 Å². The predicted octanol–water partition coefficient (Wildman–Crippen LogP) is 2.75. The molecule has 1 fully saturated rings. The molecule has 0 spiro atoms. The summed E-state index contributed by atoms with van der Waals surface area (Å²) >= 11 is 0. The Bertz CT molecular complexity index is 842. The second-order valence-corrected chi connectivity index (χ2v) is 6.66. The molecule has 1 aromatic carbocycles. The Labute approximate surface area is 154 Å². The maximum atomic E-state index is 13.0. The molecule has 0 saturated carbocycles. The lowest BCUT2D eigenvalue weighted by molar-refractivity contribution is -0.145. The van der Waals surface area contributed by atoms with Crippen molar-refractivity contribution in [2.45, 2.75) is 18.6 Å². The van der Waals surface area contributed by atoms with Crippen molar-refractivity contribution in [2.75, 3.05) is 38.6 Å². The fourth-order valence-electron chi connectivity index (χ4n) is 3.68. The lowest BCUT2D eigenvalue weighted by Gasteiger charge is -2.41. The molecule has 1 unspecified atom stereocenters. The molecular formula is C18H20F3N5O. The summed E-state index contributed by atoms with van der Waals surface area (Å²) in [5.41, 5.74) is 3.18. The van der Waals surface area contributed by atoms with Crippen LogP contribution in [0.3, 0.4) is 0 Å². The van der Waals surface area contributed by atoms with Gasteiger partial charge in [0.2, 0.25) is 11.7 Å². The first-order chi connectivity index (χ1) is 12.9. The summed E-state index contributed by atoms with van der Waals surface area (Å²) in [5.74, 6) is -1.32. The maximum absolute atomic E-state index is 13.0. The zero-order chi connectivity index (χ0) is 19.0. The van der Waals surface area contributed by atoms with Crippen LogP contribution in [-0.4, -0.2) is 48.2 Å². The van der Waals surface area contributed by atoms with Gasteiger partial charge in [0.15, 0.2) is 0 Å². The molecule has 0 bridgehead atoms. The summed E-state index contributed by atoms with van der Waals surface area (Å²) in [4.78, 5) is 9.42. The molecule has 1 aromatic heterocycles. The van der Waals surface area contributed by atoms with Crippen LogP contribution in [0, 0.1) is 0 Å². The van der Waals surface area contributed by atoms with Gasteiger partial charge in [0.1, 0.15) is 5.82 Å². The number of halogens is 3. The minimum Gasteiger partial charge on any atom is -0.481 e. The van der Waals surface area contributed by atoms with Gasteiger partial charge in [0.25, 0.3) is 0 Å². The van der Waals surface area contributed by atoms with E-state index in [1.165, 1.54) is 24.3 Å². The Kier molecular flexibility index (Phi) is 4.65. The third-order valence-electron chi connectivity index (χ3n) is 4.96. The summed E-state index contributed by atoms with van der Waals surface area (Å²) in [5, 5.41) is 6.37. The van der Waals surface area contributed by atoms with Gasteiger partial charge >= 0.3 is 6.18 Å². The van der Waals surface area contributed by atoms with Crippen molar-refractivity contribution in [2.24, 2.45) is 0 Å². The van der Waals surface area contributed by atoms with Crippen LogP contribution in [-0.2, 0) is 12.6 Å². The summed E-state index contributed by atoms with van der Waals surface area (Å²) in [6.07, 6.45) is -3.72. The summed E-state index contributed by atoms with van der Waals surface area (Å²) in [6, 6.07) is 7.61. The third kappa shape index (κ3) is 3.70. The van der Waals surface area contributed by atoms with Crippen molar-refractivity contribution in [1.29, 1.82) is 0 Å². The molecule has 1 saturated heterocycles. The van der Waals surface area contributed by atoms with Crippen molar-refractivity contribution < 1.29 is 17.9 Å². The van der Waals surface area contributed by atoms with Gasteiger partial charge in [0, 0.05) is 44.0 Å². The molecule has 4 rings (SSSR count). The van der Waals surface area contributed by atoms with Crippen LogP contribution in [0.25, 0.3) is 0 Å². The Morgan fingerprint density at radius 1 is 1.22 bits per heavy atom. The second-order valence-electron chi connectivity index (χ2n) is 6.66. The van der Waals surface area contributed by atoms with E-state index in [1.807, 2.05) is 18.2 Å². The number of methoxy groups -OCH3 is 1. The van der Waals surface area contributed by atoms with Gasteiger partial charge in [0.05, 0.1) is 7.11 Å². The van der Waals surface area contributed by atoms with Gasteiger partial charge in [-0.1, -0.05) is 6.07 Å². The topological polar surface area (TPSA) is 62.3 Å². The van der Waals surface area contributed by atoms with Crippen molar-refractivity contribution in [3.05, 3.63) is 41.2 Å². The van der Waals surface area contributed by atoms with Gasteiger partial charge in [-0.05, 0) is 29.7 Å². The fraction of sp³-hybridized carbons (Fsp3) is 0.444. The molecule has 9 heteroatoms. The first-order valence-corrected chi connectivity index (χ1v) is 8.79. The number of ether oxygens (including phenoxy) is 1. The van der Waals surface area contributed by atoms with Crippen LogP contribution in [0.1, 0.15) is 23.0 Å². The number of aromatic nitrogens is 2. The van der Waals surface area contributed by atoms with Gasteiger partial charge in [-0.2, -0.15) is 18.2 Å². The van der Waals surface area contributed by atoms with Gasteiger partial charge in [-0.15, -0.1) is 0 Å². The average molecular weight is 379 g/mol. The van der Waals surface area contributed by atoms with Crippen LogP contribution in [0.2, 0.25) is 0 Å². The number of alkyl halides is 3. The number of hydrogen-bond donors (Lipinski definition) is 2. The van der Waals surface area contributed by atoms with E-state index >= 15 is 0 Å². The fourth-order valence-corrected chi connectivity index (χ4v) is 3.68. The highest BCUT2D eigenvalue weighted by Crippen LogP contribution is 2.33. The molecule has 27 heavy (non-hydrogen) atoms. The molecule has 3 heterocycles. The van der Waals surface area contributed by atoms with Crippen LogP contribution in [0.5, 0.6) is 5.88 Å². The lowest BCUT2D eigenvalue weighted by atomic mass is 9.91. The van der Waals surface area contributed by atoms with Gasteiger partial charge in [-0.25, -0.2) is 4.98 Å². The van der Waals surface area contributed by atoms with Crippen molar-refractivity contribution in [1.82, 2.24) is 20.2 Å². The zero-order valence-corrected chi connectivity index (χ0v) is 14.8. The third-order valence-corrected chi connectivity index (χ3v) is 4.96. The number of nitrogens with zero attached hydrogens (tertiary/aromatic N) is 3. The molecule has 0 amide bonds. The van der Waals surface area contributed by atoms with E-state index in [-0.39, 0.29) is 11.7 Å². The highest BCUT2D eigenvalue weighted by Gasteiger charge is 2.36. The van der Waals surface area contributed by atoms with Crippen LogP contribution in [0.4, 0.5) is 24.7 Å². The summed E-state index contributed by atoms with van der Waals surface area (Å²) in [7, 11) is 1.27. The van der Waals surface area contributed by atoms with Crippen LogP contribution < -0.4 is 15.4 Å². The Morgan fingerprint density at radius 2 is 2.07 bits per heavy atom. The summed E-state index contributed by atoms with van der Waals surface area (Å²) < 4.78 is 43.8. The molecular weight excluding hydrogens is 359 g/mol. The molecule has 2 aromatic rings. The van der Waals surface area contributed by atoms with E-state index in [4.69, 9.17) is 4.74 Å². The van der Waals surface area contributed by atoms with E-state index in [0.717, 1.165) is 32.6 Å². The van der Waals surface area contributed by atoms with Crippen molar-refractivity contribution in [3.8, 4) is 5.88 Å². The van der Waals surface area contributed by atoms with E-state index in [0.29, 0.717) is 11.7 Å². The number of piperazine rings is 1. The number of anilines is 2. The Balaban J connectivity index is 1.61. The first kappa shape index (κ1) is 18.0. The first-order valence-electron chi connectivity index (χ1n) is 8.79. The van der Waals surface area contributed by atoms with E-state index < -0.39 is 12.0 Å². The highest BCUT2D eigenvalue weighted by molar-refractivity contribution is 5.59. The van der Waals surface area contributed by atoms with Crippen molar-refractivity contribution >= 4 is 11.5 Å². The maximum Gasteiger partial charge on any atom is 0.451 e. The molecule has 2 aliphatic rings. The standard InChI is InChI=1S/C18H20F3N5O/c1-27-16-9-15(24-17(25-16)18(19,20)21)23-12-2-3-13-11(8-12)4-6-26-7-5-22-10-14(13)26/h2-3,8-9,14,22H,4-7,10H2,1H3,(H,23,24,25). The Hall–Kier alpha value is -2.39. The molecule has 2 aliphatic heterocycles. The monoisotopic (exact) mass is 379 g/mol. The zero-order valence-electron chi connectivity index (χ0n) is 14.8. The van der Waals surface area contributed by atoms with E-state index in [1.54, 1.807) is 0 Å². The molecule has 1 atom stereocenters. The highest BCUT2D eigenvalue weighted by atomic mass is 19.4. The molecule has 6 nitrogen and oxygen atoms in total. The minimum absolute atomic E-state index is 0.0471. The smallest absolute Gasteiger partial charge is 0.451 e. The Morgan fingerprint density at radius 3 is 2.85 bits per heavy atom. The molecule has 2 N–H and O–H groups in total. The van der Waals surface area contributed by atoms with E-state index in [9.17, 15) is 13.2 Å². The van der Waals surface area contributed by atoms with Gasteiger partial charge in [-0.3, -0.25) is 4.90 Å². The summed E-state index contributed by atoms with van der Waals surface area (Å²) in [6.45, 7) is 3.94. The molecule has 0 radical (unpaired) electrons. The predicted molar refractivity (Wildman–Crippen MR) is 94.2 cm³/mol. The SMILES string of the molecule is COc1cc(Nc2ccc3c(c2)CCN2CCNCC32)nc(C(F)(F)F)n1. The quantitative estimate of drug-likeness (QED) is 0.855. The van der Waals surface area contributed by atoms with Crippen molar-refractivity contribution in [3.63, 3.8) is 0 Å². The number of nitrogens with one attached hydrogen (secondary N) is 2. The van der Waals surface area contributed by atoms with Crippen LogP contribution >= 0.6 is 0 Å². The molecule has 0 aliphatic carbocycles. The largest absolute Gasteiger partial charge is 0.481 e. The lowest BCUT2D eigenvalue weighted by Crippen LogP contribution is -2.48. The number of fused-ring (bicyclic) bond motifs is 3. The molecule has 144 valence electrons. The van der Waals surface area contributed by atoms with Gasteiger partial charge < -0.3 is 15.4 Å². The minimum atomic E-state index is -4.64. The number of rotatable bonds is 3. The average Bonchev–Trinajstić information content (AvgIpc) is 2.66. The number of hydrogen-bond acceptors (Lipinski definition) is 6. The van der Waals surface area contributed by atoms with Crippen LogP contribution in [0.15, 0.2) is 24.3 Å².